The maximum atomic E-state index is 6.78. The van der Waals surface area contributed by atoms with Gasteiger partial charge in [-0.2, -0.15) is 0 Å². The summed E-state index contributed by atoms with van der Waals surface area (Å²) in [6.45, 7) is 9.23. The van der Waals surface area contributed by atoms with Crippen molar-refractivity contribution in [1.29, 1.82) is 0 Å². The lowest BCUT2D eigenvalue weighted by atomic mass is 10.1. The van der Waals surface area contributed by atoms with Gasteiger partial charge in [0.2, 0.25) is 0 Å². The van der Waals surface area contributed by atoms with Gasteiger partial charge in [-0.25, -0.2) is 11.6 Å². The van der Waals surface area contributed by atoms with Gasteiger partial charge in [0.1, 0.15) is 0 Å². The van der Waals surface area contributed by atoms with E-state index in [9.17, 15) is 0 Å². The largest absolute Gasteiger partial charge is 0.309 e. The molecule has 1 aromatic carbocycles. The molecule has 0 unspecified atom stereocenters. The van der Waals surface area contributed by atoms with Crippen molar-refractivity contribution in [3.05, 3.63) is 51.6 Å². The predicted octanol–water partition coefficient (Wildman–Crippen LogP) is 3.54. The van der Waals surface area contributed by atoms with E-state index in [0.717, 1.165) is 16.3 Å². The molecule has 0 aliphatic heterocycles. The second-order valence-electron chi connectivity index (χ2n) is 3.31. The van der Waals surface area contributed by atoms with Crippen LogP contribution in [0.15, 0.2) is 29.6 Å². The van der Waals surface area contributed by atoms with Crippen LogP contribution in [0.1, 0.15) is 10.6 Å². The molecule has 2 rings (SSSR count). The molecule has 0 amide bonds. The topological polar surface area (TPSA) is 17.2 Å². The van der Waals surface area contributed by atoms with E-state index in [0.29, 0.717) is 6.54 Å². The molecule has 3 heteroatoms. The van der Waals surface area contributed by atoms with Gasteiger partial charge in [-0.15, -0.1) is 11.3 Å². The summed E-state index contributed by atoms with van der Waals surface area (Å²) in [6, 6.07) is 8.24. The highest BCUT2D eigenvalue weighted by Gasteiger charge is 2.05. The molecule has 0 aliphatic carbocycles. The van der Waals surface area contributed by atoms with E-state index >= 15 is 0 Å². The Morgan fingerprint density at radius 2 is 2.33 bits per heavy atom. The Balaban J connectivity index is 2.34. The Morgan fingerprint density at radius 1 is 1.47 bits per heavy atom. The van der Waals surface area contributed by atoms with Crippen molar-refractivity contribution in [2.75, 3.05) is 0 Å². The fourth-order valence-corrected chi connectivity index (χ4v) is 2.11. The fraction of sp³-hybridized carbons (Fsp3) is 0.167. The van der Waals surface area contributed by atoms with E-state index < -0.39 is 0 Å². The Hall–Kier alpha value is -1.66. The third-order valence-corrected chi connectivity index (χ3v) is 2.91. The molecular formula is C12H10N2S. The Bertz CT molecular complexity index is 508. The smallest absolute Gasteiger partial charge is 0.265 e. The van der Waals surface area contributed by atoms with Gasteiger partial charge in [-0.1, -0.05) is 23.8 Å². The van der Waals surface area contributed by atoms with Crippen molar-refractivity contribution in [2.24, 2.45) is 0 Å². The molecule has 0 radical (unpaired) electrons. The summed E-state index contributed by atoms with van der Waals surface area (Å²) in [5, 5.41) is 2.90. The molecule has 0 saturated heterocycles. The molecule has 74 valence electrons. The van der Waals surface area contributed by atoms with E-state index in [2.05, 4.69) is 28.9 Å². The lowest BCUT2D eigenvalue weighted by Crippen LogP contribution is -1.81. The molecule has 0 aliphatic rings. The number of rotatable bonds is 2. The first-order chi connectivity index (χ1) is 7.29. The van der Waals surface area contributed by atoms with Crippen LogP contribution in [-0.4, -0.2) is 4.98 Å². The molecule has 1 heterocycles. The van der Waals surface area contributed by atoms with Gasteiger partial charge < -0.3 is 4.85 Å². The second kappa shape index (κ2) is 4.24. The van der Waals surface area contributed by atoms with Crippen LogP contribution in [0.5, 0.6) is 0 Å². The van der Waals surface area contributed by atoms with Crippen molar-refractivity contribution in [1.82, 2.24) is 4.98 Å². The molecule has 0 saturated carbocycles. The number of hydrogen-bond acceptors (Lipinski definition) is 2. The first-order valence-electron chi connectivity index (χ1n) is 4.64. The number of thiazole rings is 1. The van der Waals surface area contributed by atoms with Crippen LogP contribution in [0.4, 0.5) is 0 Å². The van der Waals surface area contributed by atoms with E-state index in [1.54, 1.807) is 11.3 Å². The summed E-state index contributed by atoms with van der Waals surface area (Å²) in [5.41, 5.74) is 3.33. The summed E-state index contributed by atoms with van der Waals surface area (Å²) in [4.78, 5) is 7.74. The fourth-order valence-electron chi connectivity index (χ4n) is 1.39. The monoisotopic (exact) mass is 214 g/mol. The second-order valence-corrected chi connectivity index (χ2v) is 4.25. The molecule has 0 N–H and O–H groups in total. The van der Waals surface area contributed by atoms with Crippen molar-refractivity contribution < 1.29 is 0 Å². The van der Waals surface area contributed by atoms with Gasteiger partial charge in [0, 0.05) is 10.9 Å². The quantitative estimate of drug-likeness (QED) is 0.699. The van der Waals surface area contributed by atoms with Crippen molar-refractivity contribution in [3.8, 4) is 11.3 Å². The average molecular weight is 214 g/mol. The van der Waals surface area contributed by atoms with Gasteiger partial charge in [-0.05, 0) is 13.0 Å². The zero-order chi connectivity index (χ0) is 10.7. The standard InChI is InChI=1S/C12H10N2S/c1-9-4-3-5-10(6-9)11-8-15-12(14-11)7-13-2/h3-6,8H,7H2,1H3. The minimum Gasteiger partial charge on any atom is -0.309 e. The van der Waals surface area contributed by atoms with Gasteiger partial charge in [0.05, 0.1) is 5.69 Å². The first-order valence-corrected chi connectivity index (χ1v) is 5.52. The van der Waals surface area contributed by atoms with E-state index in [4.69, 9.17) is 6.57 Å². The van der Waals surface area contributed by atoms with E-state index in [1.807, 2.05) is 17.5 Å². The zero-order valence-corrected chi connectivity index (χ0v) is 9.21. The molecule has 2 nitrogen and oxygen atoms in total. The number of aryl methyl sites for hydroxylation is 1. The number of hydrogen-bond donors (Lipinski definition) is 0. The van der Waals surface area contributed by atoms with Gasteiger partial charge in [0.15, 0.2) is 5.01 Å². The Kier molecular flexibility index (Phi) is 2.79. The molecular weight excluding hydrogens is 204 g/mol. The highest BCUT2D eigenvalue weighted by molar-refractivity contribution is 7.09. The highest BCUT2D eigenvalue weighted by atomic mass is 32.1. The van der Waals surface area contributed by atoms with Crippen LogP contribution in [0.3, 0.4) is 0 Å². The van der Waals surface area contributed by atoms with Crippen LogP contribution < -0.4 is 0 Å². The minimum absolute atomic E-state index is 0.385. The summed E-state index contributed by atoms with van der Waals surface area (Å²) >= 11 is 1.55. The number of aromatic nitrogens is 1. The van der Waals surface area contributed by atoms with Crippen molar-refractivity contribution in [2.45, 2.75) is 13.5 Å². The first kappa shape index (κ1) is 9.88. The third-order valence-electron chi connectivity index (χ3n) is 2.08. The van der Waals surface area contributed by atoms with Crippen molar-refractivity contribution in [3.63, 3.8) is 0 Å². The van der Waals surface area contributed by atoms with Crippen LogP contribution in [0.2, 0.25) is 0 Å². The molecule has 2 aromatic rings. The molecule has 0 atom stereocenters. The Labute approximate surface area is 93.0 Å². The molecule has 0 fully saturated rings. The van der Waals surface area contributed by atoms with Gasteiger partial charge in [0.25, 0.3) is 6.54 Å². The minimum atomic E-state index is 0.385. The molecule has 1 aromatic heterocycles. The van der Waals surface area contributed by atoms with E-state index in [1.165, 1.54) is 5.56 Å². The SMILES string of the molecule is [C-]#[N+]Cc1nc(-c2cccc(C)c2)cs1. The van der Waals surface area contributed by atoms with E-state index in [-0.39, 0.29) is 0 Å². The molecule has 15 heavy (non-hydrogen) atoms. The molecule has 0 spiro atoms. The lowest BCUT2D eigenvalue weighted by Gasteiger charge is -1.97. The Morgan fingerprint density at radius 3 is 3.07 bits per heavy atom. The maximum Gasteiger partial charge on any atom is 0.265 e. The maximum absolute atomic E-state index is 6.78. The summed E-state index contributed by atoms with van der Waals surface area (Å²) in [7, 11) is 0. The summed E-state index contributed by atoms with van der Waals surface area (Å²) in [5.74, 6) is 0. The molecule has 0 bridgehead atoms. The zero-order valence-electron chi connectivity index (χ0n) is 8.40. The van der Waals surface area contributed by atoms with Gasteiger partial charge in [-0.3, -0.25) is 0 Å². The normalized spacial score (nSPS) is 9.87. The third kappa shape index (κ3) is 2.23. The summed E-state index contributed by atoms with van der Waals surface area (Å²) in [6.07, 6.45) is 0. The highest BCUT2D eigenvalue weighted by Crippen LogP contribution is 2.22. The van der Waals surface area contributed by atoms with Crippen LogP contribution >= 0.6 is 11.3 Å². The van der Waals surface area contributed by atoms with Crippen LogP contribution in [0.25, 0.3) is 16.1 Å². The van der Waals surface area contributed by atoms with Crippen LogP contribution in [0, 0.1) is 13.5 Å². The van der Waals surface area contributed by atoms with Crippen molar-refractivity contribution >= 4 is 11.3 Å². The number of nitrogens with zero attached hydrogens (tertiary/aromatic N) is 2. The van der Waals surface area contributed by atoms with Gasteiger partial charge >= 0.3 is 0 Å². The van der Waals surface area contributed by atoms with Crippen LogP contribution in [-0.2, 0) is 6.54 Å². The summed E-state index contributed by atoms with van der Waals surface area (Å²) < 4.78 is 0. The predicted molar refractivity (Wildman–Crippen MR) is 62.6 cm³/mol. The lowest BCUT2D eigenvalue weighted by molar-refractivity contribution is 1.18. The average Bonchev–Trinajstić information content (AvgIpc) is 2.67. The number of benzene rings is 1.